The molecule has 0 spiro atoms. The molecule has 0 aliphatic rings. The standard InChI is InChI=1S/C18H31NO2/c1-6-13-19-17(18(4,8-3)20-5)15-11-9-10-12-16(15)21-14-7-2/h9-12,17,19H,6-8,13-14H2,1-5H3. The van der Waals surface area contributed by atoms with E-state index in [1.807, 2.05) is 6.07 Å². The Bertz CT molecular complexity index is 402. The molecule has 1 rings (SSSR count). The molecule has 0 aromatic heterocycles. The van der Waals surface area contributed by atoms with Gasteiger partial charge in [0.05, 0.1) is 18.2 Å². The van der Waals surface area contributed by atoms with Gasteiger partial charge in [0.25, 0.3) is 0 Å². The lowest BCUT2D eigenvalue weighted by molar-refractivity contribution is -0.0305. The van der Waals surface area contributed by atoms with Gasteiger partial charge in [0, 0.05) is 12.7 Å². The van der Waals surface area contributed by atoms with Gasteiger partial charge in [-0.25, -0.2) is 0 Å². The average molecular weight is 293 g/mol. The van der Waals surface area contributed by atoms with Gasteiger partial charge in [-0.1, -0.05) is 39.0 Å². The van der Waals surface area contributed by atoms with Gasteiger partial charge in [-0.2, -0.15) is 0 Å². The molecule has 0 radical (unpaired) electrons. The molecule has 0 heterocycles. The third kappa shape index (κ3) is 4.72. The first-order valence-corrected chi connectivity index (χ1v) is 8.13. The van der Waals surface area contributed by atoms with Crippen LogP contribution in [-0.2, 0) is 4.74 Å². The van der Waals surface area contributed by atoms with E-state index in [-0.39, 0.29) is 11.6 Å². The highest BCUT2D eigenvalue weighted by molar-refractivity contribution is 5.37. The van der Waals surface area contributed by atoms with Crippen molar-refractivity contribution < 1.29 is 9.47 Å². The lowest BCUT2D eigenvalue weighted by Gasteiger charge is -2.37. The first-order chi connectivity index (χ1) is 10.1. The summed E-state index contributed by atoms with van der Waals surface area (Å²) in [5, 5.41) is 3.64. The second kappa shape index (κ2) is 9.06. The zero-order valence-electron chi connectivity index (χ0n) is 14.2. The van der Waals surface area contributed by atoms with Crippen LogP contribution in [0, 0.1) is 0 Å². The van der Waals surface area contributed by atoms with Gasteiger partial charge >= 0.3 is 0 Å². The summed E-state index contributed by atoms with van der Waals surface area (Å²) in [6.45, 7) is 10.3. The minimum absolute atomic E-state index is 0.125. The fraction of sp³-hybridized carbons (Fsp3) is 0.667. The van der Waals surface area contributed by atoms with Crippen LogP contribution in [0.15, 0.2) is 24.3 Å². The van der Waals surface area contributed by atoms with Gasteiger partial charge in [0.1, 0.15) is 5.75 Å². The summed E-state index contributed by atoms with van der Waals surface area (Å²) in [4.78, 5) is 0. The number of rotatable bonds is 10. The molecule has 1 aromatic rings. The van der Waals surface area contributed by atoms with Crippen molar-refractivity contribution in [2.45, 2.75) is 58.6 Å². The average Bonchev–Trinajstić information content (AvgIpc) is 2.53. The largest absolute Gasteiger partial charge is 0.493 e. The van der Waals surface area contributed by atoms with Gasteiger partial charge in [-0.15, -0.1) is 0 Å². The molecule has 0 amide bonds. The Hall–Kier alpha value is -1.06. The lowest BCUT2D eigenvalue weighted by atomic mass is 9.87. The highest BCUT2D eigenvalue weighted by atomic mass is 16.5. The maximum Gasteiger partial charge on any atom is 0.124 e. The van der Waals surface area contributed by atoms with Crippen LogP contribution in [-0.4, -0.2) is 25.9 Å². The van der Waals surface area contributed by atoms with E-state index in [9.17, 15) is 0 Å². The van der Waals surface area contributed by atoms with Crippen molar-refractivity contribution >= 4 is 0 Å². The van der Waals surface area contributed by atoms with Gasteiger partial charge in [-0.3, -0.25) is 0 Å². The molecule has 0 saturated heterocycles. The molecular formula is C18H31NO2. The first-order valence-electron chi connectivity index (χ1n) is 8.13. The fourth-order valence-corrected chi connectivity index (χ4v) is 2.47. The van der Waals surface area contributed by atoms with E-state index < -0.39 is 0 Å². The number of methoxy groups -OCH3 is 1. The molecule has 0 aliphatic heterocycles. The number of hydrogen-bond donors (Lipinski definition) is 1. The Morgan fingerprint density at radius 3 is 2.43 bits per heavy atom. The first kappa shape index (κ1) is 18.0. The van der Waals surface area contributed by atoms with Crippen LogP contribution in [0.5, 0.6) is 5.75 Å². The van der Waals surface area contributed by atoms with Crippen LogP contribution in [0.25, 0.3) is 0 Å². The maximum absolute atomic E-state index is 5.94. The Balaban J connectivity index is 3.13. The highest BCUT2D eigenvalue weighted by Crippen LogP contribution is 2.36. The van der Waals surface area contributed by atoms with Crippen LogP contribution in [0.4, 0.5) is 0 Å². The predicted molar refractivity (Wildman–Crippen MR) is 89.0 cm³/mol. The summed E-state index contributed by atoms with van der Waals surface area (Å²) in [6.07, 6.45) is 3.04. The normalized spacial score (nSPS) is 15.5. The Morgan fingerprint density at radius 1 is 1.14 bits per heavy atom. The molecule has 0 fully saturated rings. The van der Waals surface area contributed by atoms with Gasteiger partial charge in [-0.05, 0) is 38.8 Å². The molecule has 2 unspecified atom stereocenters. The molecular weight excluding hydrogens is 262 g/mol. The Kier molecular flexibility index (Phi) is 7.76. The third-order valence-electron chi connectivity index (χ3n) is 4.07. The van der Waals surface area contributed by atoms with Crippen LogP contribution in [0.2, 0.25) is 0 Å². The molecule has 3 heteroatoms. The van der Waals surface area contributed by atoms with Crippen LogP contribution >= 0.6 is 0 Å². The summed E-state index contributed by atoms with van der Waals surface area (Å²) in [7, 11) is 1.79. The minimum atomic E-state index is -0.249. The van der Waals surface area contributed by atoms with E-state index in [0.29, 0.717) is 0 Å². The van der Waals surface area contributed by atoms with E-state index in [1.54, 1.807) is 7.11 Å². The van der Waals surface area contributed by atoms with E-state index in [2.05, 4.69) is 51.2 Å². The lowest BCUT2D eigenvalue weighted by Crippen LogP contribution is -2.43. The van der Waals surface area contributed by atoms with Crippen molar-refractivity contribution in [1.29, 1.82) is 0 Å². The zero-order valence-corrected chi connectivity index (χ0v) is 14.2. The van der Waals surface area contributed by atoms with Crippen LogP contribution in [0.1, 0.15) is 58.6 Å². The van der Waals surface area contributed by atoms with Crippen molar-refractivity contribution in [1.82, 2.24) is 5.32 Å². The molecule has 0 aliphatic carbocycles. The molecule has 0 bridgehead atoms. The van der Waals surface area contributed by atoms with Crippen molar-refractivity contribution in [3.63, 3.8) is 0 Å². The molecule has 1 aromatic carbocycles. The molecule has 3 nitrogen and oxygen atoms in total. The van der Waals surface area contributed by atoms with Crippen molar-refractivity contribution in [3.8, 4) is 5.75 Å². The zero-order chi connectivity index (χ0) is 15.7. The molecule has 1 N–H and O–H groups in total. The summed E-state index contributed by atoms with van der Waals surface area (Å²) in [6, 6.07) is 8.42. The SMILES string of the molecule is CCCNC(c1ccccc1OCCC)C(C)(CC)OC. The van der Waals surface area contributed by atoms with Gasteiger partial charge in [0.2, 0.25) is 0 Å². The third-order valence-corrected chi connectivity index (χ3v) is 4.07. The topological polar surface area (TPSA) is 30.5 Å². The van der Waals surface area contributed by atoms with Crippen LogP contribution in [0.3, 0.4) is 0 Å². The summed E-state index contributed by atoms with van der Waals surface area (Å²) < 4.78 is 11.8. The minimum Gasteiger partial charge on any atom is -0.493 e. The highest BCUT2D eigenvalue weighted by Gasteiger charge is 2.35. The monoisotopic (exact) mass is 293 g/mol. The second-order valence-corrected chi connectivity index (χ2v) is 5.64. The number of hydrogen-bond acceptors (Lipinski definition) is 3. The number of ether oxygens (including phenoxy) is 2. The summed E-state index contributed by atoms with van der Waals surface area (Å²) in [5.74, 6) is 0.963. The van der Waals surface area contributed by atoms with E-state index in [4.69, 9.17) is 9.47 Å². The summed E-state index contributed by atoms with van der Waals surface area (Å²) >= 11 is 0. The van der Waals surface area contributed by atoms with Crippen LogP contribution < -0.4 is 10.1 Å². The smallest absolute Gasteiger partial charge is 0.124 e. The number of para-hydroxylation sites is 1. The van der Waals surface area contributed by atoms with Crippen molar-refractivity contribution in [3.05, 3.63) is 29.8 Å². The molecule has 0 saturated carbocycles. The maximum atomic E-state index is 5.94. The number of benzene rings is 1. The molecule has 2 atom stereocenters. The summed E-state index contributed by atoms with van der Waals surface area (Å²) in [5.41, 5.74) is 0.937. The van der Waals surface area contributed by atoms with Crippen molar-refractivity contribution in [2.75, 3.05) is 20.3 Å². The van der Waals surface area contributed by atoms with Gasteiger partial charge < -0.3 is 14.8 Å². The van der Waals surface area contributed by atoms with Gasteiger partial charge in [0.15, 0.2) is 0 Å². The quantitative estimate of drug-likeness (QED) is 0.696. The Labute approximate surface area is 130 Å². The van der Waals surface area contributed by atoms with Crippen molar-refractivity contribution in [2.24, 2.45) is 0 Å². The van der Waals surface area contributed by atoms with E-state index >= 15 is 0 Å². The fourth-order valence-electron chi connectivity index (χ4n) is 2.47. The van der Waals surface area contributed by atoms with E-state index in [0.717, 1.165) is 38.2 Å². The second-order valence-electron chi connectivity index (χ2n) is 5.64. The molecule has 120 valence electrons. The van der Waals surface area contributed by atoms with E-state index in [1.165, 1.54) is 5.56 Å². The number of nitrogens with one attached hydrogen (secondary N) is 1. The predicted octanol–water partition coefficient (Wildman–Crippen LogP) is 4.33. The Morgan fingerprint density at radius 2 is 1.86 bits per heavy atom. The molecule has 21 heavy (non-hydrogen) atoms.